The Morgan fingerprint density at radius 2 is 2.00 bits per heavy atom. The summed E-state index contributed by atoms with van der Waals surface area (Å²) in [4.78, 5) is 4.26. The summed E-state index contributed by atoms with van der Waals surface area (Å²) in [7, 11) is 0. The molecule has 0 amide bonds. The number of guanidine groups is 1. The summed E-state index contributed by atoms with van der Waals surface area (Å²) in [5, 5.41) is 13.3. The molecule has 0 aliphatic heterocycles. The summed E-state index contributed by atoms with van der Waals surface area (Å²) in [6, 6.07) is 6.35. The fourth-order valence-electron chi connectivity index (χ4n) is 2.54. The molecule has 0 unspecified atom stereocenters. The van der Waals surface area contributed by atoms with Crippen LogP contribution in [0.1, 0.15) is 44.2 Å². The normalized spacial score (nSPS) is 15.2. The maximum atomic E-state index is 10.2. The Morgan fingerprint density at radius 1 is 1.30 bits per heavy atom. The van der Waals surface area contributed by atoms with Crippen molar-refractivity contribution >= 4 is 11.6 Å². The van der Waals surface area contributed by atoms with Crippen LogP contribution in [0.25, 0.3) is 0 Å². The van der Waals surface area contributed by atoms with Gasteiger partial charge in [-0.2, -0.15) is 0 Å². The first kappa shape index (κ1) is 14.9. The highest BCUT2D eigenvalue weighted by Crippen LogP contribution is 2.24. The minimum Gasteiger partial charge on any atom is -0.388 e. The van der Waals surface area contributed by atoms with Crippen LogP contribution in [0.15, 0.2) is 23.2 Å². The van der Waals surface area contributed by atoms with E-state index in [1.54, 1.807) is 0 Å². The van der Waals surface area contributed by atoms with Gasteiger partial charge in [-0.15, -0.1) is 0 Å². The van der Waals surface area contributed by atoms with Crippen molar-refractivity contribution < 1.29 is 5.11 Å². The highest BCUT2D eigenvalue weighted by Gasteiger charge is 2.21. The molecule has 1 aliphatic carbocycles. The van der Waals surface area contributed by atoms with E-state index in [0.717, 1.165) is 12.1 Å². The van der Waals surface area contributed by atoms with Crippen molar-refractivity contribution in [3.8, 4) is 0 Å². The second-order valence-electron chi connectivity index (χ2n) is 5.59. The molecule has 1 aromatic rings. The number of aryl methyl sites for hydroxylation is 2. The number of nitrogens with zero attached hydrogens (tertiary/aromatic N) is 1. The Hall–Kier alpha value is -1.55. The van der Waals surface area contributed by atoms with Gasteiger partial charge < -0.3 is 16.2 Å². The smallest absolute Gasteiger partial charge is 0.193 e. The molecule has 0 saturated heterocycles. The lowest BCUT2D eigenvalue weighted by Gasteiger charge is -2.22. The van der Waals surface area contributed by atoms with Crippen LogP contribution in [0, 0.1) is 0 Å². The third-order valence-corrected chi connectivity index (χ3v) is 4.23. The van der Waals surface area contributed by atoms with Gasteiger partial charge >= 0.3 is 0 Å². The standard InChI is InChI=1S/C16H25N3O/c1-3-16(20,4-2)11-18-15(17)19-14-9-8-12-6-5-7-13(12)10-14/h8-10,20H,3-7,11H2,1-2H3,(H3,17,18,19). The van der Waals surface area contributed by atoms with Gasteiger partial charge in [-0.25, -0.2) is 0 Å². The summed E-state index contributed by atoms with van der Waals surface area (Å²) < 4.78 is 0. The molecule has 2 rings (SSSR count). The third-order valence-electron chi connectivity index (χ3n) is 4.23. The largest absolute Gasteiger partial charge is 0.388 e. The molecule has 4 nitrogen and oxygen atoms in total. The lowest BCUT2D eigenvalue weighted by molar-refractivity contribution is 0.0419. The van der Waals surface area contributed by atoms with E-state index in [1.165, 1.54) is 24.0 Å². The van der Waals surface area contributed by atoms with Crippen LogP contribution in [0.5, 0.6) is 0 Å². The van der Waals surface area contributed by atoms with E-state index in [2.05, 4.69) is 22.4 Å². The minimum atomic E-state index is -0.746. The van der Waals surface area contributed by atoms with Crippen molar-refractivity contribution in [3.63, 3.8) is 0 Å². The maximum Gasteiger partial charge on any atom is 0.193 e. The first-order chi connectivity index (χ1) is 9.56. The molecule has 0 spiro atoms. The van der Waals surface area contributed by atoms with Gasteiger partial charge in [-0.1, -0.05) is 19.9 Å². The van der Waals surface area contributed by atoms with Crippen molar-refractivity contribution in [3.05, 3.63) is 29.3 Å². The summed E-state index contributed by atoms with van der Waals surface area (Å²) >= 11 is 0. The summed E-state index contributed by atoms with van der Waals surface area (Å²) in [5.41, 5.74) is 8.97. The number of aliphatic imine (C=N–C) groups is 1. The Labute approximate surface area is 121 Å². The third kappa shape index (κ3) is 3.51. The van der Waals surface area contributed by atoms with Gasteiger partial charge in [-0.05, 0) is 55.4 Å². The van der Waals surface area contributed by atoms with Crippen molar-refractivity contribution in [1.29, 1.82) is 0 Å². The van der Waals surface area contributed by atoms with Crippen LogP contribution in [0.2, 0.25) is 0 Å². The topological polar surface area (TPSA) is 70.6 Å². The zero-order valence-electron chi connectivity index (χ0n) is 12.4. The van der Waals surface area contributed by atoms with Gasteiger partial charge in [0.15, 0.2) is 5.96 Å². The Bertz CT molecular complexity index is 492. The van der Waals surface area contributed by atoms with Crippen LogP contribution in [0.3, 0.4) is 0 Å². The average Bonchev–Trinajstić information content (AvgIpc) is 2.92. The molecule has 0 saturated carbocycles. The van der Waals surface area contributed by atoms with E-state index < -0.39 is 5.60 Å². The van der Waals surface area contributed by atoms with Crippen LogP contribution < -0.4 is 11.1 Å². The highest BCUT2D eigenvalue weighted by molar-refractivity contribution is 5.92. The quantitative estimate of drug-likeness (QED) is 0.571. The van der Waals surface area contributed by atoms with Gasteiger partial charge in [-0.3, -0.25) is 4.99 Å². The Kier molecular flexibility index (Phi) is 4.65. The Balaban J connectivity index is 1.99. The molecule has 110 valence electrons. The van der Waals surface area contributed by atoms with Gasteiger partial charge in [0.25, 0.3) is 0 Å². The predicted octanol–water partition coefficient (Wildman–Crippen LogP) is 2.45. The number of hydrogen-bond acceptors (Lipinski definition) is 2. The molecule has 1 aliphatic rings. The molecule has 4 heteroatoms. The Morgan fingerprint density at radius 3 is 2.70 bits per heavy atom. The lowest BCUT2D eigenvalue weighted by atomic mass is 9.98. The van der Waals surface area contributed by atoms with Crippen molar-refractivity contribution in [2.75, 3.05) is 11.9 Å². The molecule has 0 fully saturated rings. The van der Waals surface area contributed by atoms with Crippen molar-refractivity contribution in [1.82, 2.24) is 0 Å². The fourth-order valence-corrected chi connectivity index (χ4v) is 2.54. The maximum absolute atomic E-state index is 10.2. The number of benzene rings is 1. The van der Waals surface area contributed by atoms with Gasteiger partial charge in [0, 0.05) is 5.69 Å². The number of aliphatic hydroxyl groups is 1. The van der Waals surface area contributed by atoms with E-state index in [0.29, 0.717) is 25.3 Å². The molecule has 4 N–H and O–H groups in total. The first-order valence-corrected chi connectivity index (χ1v) is 7.47. The zero-order chi connectivity index (χ0) is 14.6. The molecule has 20 heavy (non-hydrogen) atoms. The van der Waals surface area contributed by atoms with E-state index in [1.807, 2.05) is 19.9 Å². The van der Waals surface area contributed by atoms with Gasteiger partial charge in [0.2, 0.25) is 0 Å². The van der Waals surface area contributed by atoms with Crippen LogP contribution >= 0.6 is 0 Å². The summed E-state index contributed by atoms with van der Waals surface area (Å²) in [5.74, 6) is 0.364. The molecule has 0 heterocycles. The molecular formula is C16H25N3O. The lowest BCUT2D eigenvalue weighted by Crippen LogP contribution is -2.33. The first-order valence-electron chi connectivity index (χ1n) is 7.47. The fraction of sp³-hybridized carbons (Fsp3) is 0.562. The van der Waals surface area contributed by atoms with E-state index in [-0.39, 0.29) is 0 Å². The molecular weight excluding hydrogens is 250 g/mol. The number of anilines is 1. The monoisotopic (exact) mass is 275 g/mol. The minimum absolute atomic E-state index is 0.337. The van der Waals surface area contributed by atoms with E-state index in [9.17, 15) is 5.11 Å². The molecule has 1 aromatic carbocycles. The average molecular weight is 275 g/mol. The SMILES string of the molecule is CCC(O)(CC)CN=C(N)Nc1ccc2c(c1)CCC2. The van der Waals surface area contributed by atoms with Gasteiger partial charge in [0.1, 0.15) is 0 Å². The number of fused-ring (bicyclic) bond motifs is 1. The number of nitrogens with one attached hydrogen (secondary N) is 1. The van der Waals surface area contributed by atoms with Crippen LogP contribution in [0.4, 0.5) is 5.69 Å². The summed E-state index contributed by atoms with van der Waals surface area (Å²) in [6.45, 7) is 4.26. The van der Waals surface area contributed by atoms with Crippen molar-refractivity contribution in [2.24, 2.45) is 10.7 Å². The zero-order valence-corrected chi connectivity index (χ0v) is 12.4. The van der Waals surface area contributed by atoms with E-state index >= 15 is 0 Å². The van der Waals surface area contributed by atoms with Crippen molar-refractivity contribution in [2.45, 2.75) is 51.6 Å². The molecule has 0 bridgehead atoms. The van der Waals surface area contributed by atoms with E-state index in [4.69, 9.17) is 5.73 Å². The number of rotatable bonds is 5. The molecule has 0 aromatic heterocycles. The van der Waals surface area contributed by atoms with Crippen LogP contribution in [-0.2, 0) is 12.8 Å². The van der Waals surface area contributed by atoms with Crippen LogP contribution in [-0.4, -0.2) is 23.2 Å². The number of hydrogen-bond donors (Lipinski definition) is 3. The number of nitrogens with two attached hydrogens (primary N) is 1. The second kappa shape index (κ2) is 6.27. The van der Waals surface area contributed by atoms with Gasteiger partial charge in [0.05, 0.1) is 12.1 Å². The molecule has 0 atom stereocenters. The summed E-state index contributed by atoms with van der Waals surface area (Å²) in [6.07, 6.45) is 4.92. The highest BCUT2D eigenvalue weighted by atomic mass is 16.3. The molecule has 0 radical (unpaired) electrons. The predicted molar refractivity (Wildman–Crippen MR) is 84.1 cm³/mol. The second-order valence-corrected chi connectivity index (χ2v) is 5.59.